The van der Waals surface area contributed by atoms with Gasteiger partial charge in [-0.2, -0.15) is 0 Å². The van der Waals surface area contributed by atoms with Crippen LogP contribution in [0.25, 0.3) is 0 Å². The van der Waals surface area contributed by atoms with Crippen molar-refractivity contribution in [1.82, 2.24) is 5.32 Å². The molecule has 0 spiro atoms. The standard InChI is InChI=1S/C12H17NO4/c1-8-3-4-10(14)9(7-8)11(12(15)16)13-5-6-17-2/h3-4,7,11,13-14H,5-6H2,1-2H3,(H,15,16). The number of hydrogen-bond donors (Lipinski definition) is 3. The van der Waals surface area contributed by atoms with Crippen LogP contribution in [0.2, 0.25) is 0 Å². The van der Waals surface area contributed by atoms with E-state index in [-0.39, 0.29) is 5.75 Å². The molecule has 0 radical (unpaired) electrons. The normalized spacial score (nSPS) is 12.4. The van der Waals surface area contributed by atoms with Crippen LogP contribution in [0, 0.1) is 6.92 Å². The summed E-state index contributed by atoms with van der Waals surface area (Å²) in [5, 5.41) is 21.6. The number of nitrogens with one attached hydrogen (secondary N) is 1. The first-order chi connectivity index (χ1) is 8.06. The van der Waals surface area contributed by atoms with E-state index in [4.69, 9.17) is 9.84 Å². The zero-order chi connectivity index (χ0) is 12.8. The molecule has 0 aliphatic rings. The zero-order valence-corrected chi connectivity index (χ0v) is 9.93. The highest BCUT2D eigenvalue weighted by Crippen LogP contribution is 2.25. The summed E-state index contributed by atoms with van der Waals surface area (Å²) < 4.78 is 4.84. The van der Waals surface area contributed by atoms with Crippen molar-refractivity contribution in [3.63, 3.8) is 0 Å². The highest BCUT2D eigenvalue weighted by atomic mass is 16.5. The van der Waals surface area contributed by atoms with Gasteiger partial charge in [0.1, 0.15) is 11.8 Å². The summed E-state index contributed by atoms with van der Waals surface area (Å²) in [7, 11) is 1.54. The average Bonchev–Trinajstić information content (AvgIpc) is 2.28. The highest BCUT2D eigenvalue weighted by molar-refractivity contribution is 5.76. The van der Waals surface area contributed by atoms with E-state index in [0.29, 0.717) is 18.7 Å². The van der Waals surface area contributed by atoms with Gasteiger partial charge in [0.25, 0.3) is 0 Å². The number of aliphatic carboxylic acids is 1. The van der Waals surface area contributed by atoms with Crippen LogP contribution in [-0.4, -0.2) is 36.4 Å². The lowest BCUT2D eigenvalue weighted by Gasteiger charge is -2.16. The van der Waals surface area contributed by atoms with Crippen LogP contribution in [0.5, 0.6) is 5.75 Å². The molecule has 1 unspecified atom stereocenters. The number of ether oxygens (including phenoxy) is 1. The molecule has 3 N–H and O–H groups in total. The summed E-state index contributed by atoms with van der Waals surface area (Å²) in [6, 6.07) is 3.96. The molecule has 5 nitrogen and oxygen atoms in total. The lowest BCUT2D eigenvalue weighted by molar-refractivity contribution is -0.139. The topological polar surface area (TPSA) is 78.8 Å². The number of phenols is 1. The van der Waals surface area contributed by atoms with Crippen molar-refractivity contribution >= 4 is 5.97 Å². The van der Waals surface area contributed by atoms with E-state index in [1.807, 2.05) is 6.92 Å². The predicted octanol–water partition coefficient (Wildman–Crippen LogP) is 1.06. The van der Waals surface area contributed by atoms with E-state index < -0.39 is 12.0 Å². The third kappa shape index (κ3) is 3.72. The van der Waals surface area contributed by atoms with Gasteiger partial charge in [-0.1, -0.05) is 17.7 Å². The minimum atomic E-state index is -1.03. The van der Waals surface area contributed by atoms with Gasteiger partial charge in [0, 0.05) is 19.2 Å². The molecule has 1 rings (SSSR count). The lowest BCUT2D eigenvalue weighted by atomic mass is 10.0. The number of carbonyl (C=O) groups is 1. The monoisotopic (exact) mass is 239 g/mol. The first-order valence-corrected chi connectivity index (χ1v) is 5.31. The van der Waals surface area contributed by atoms with Crippen LogP contribution >= 0.6 is 0 Å². The third-order valence-electron chi connectivity index (χ3n) is 2.40. The van der Waals surface area contributed by atoms with Gasteiger partial charge in [-0.05, 0) is 13.0 Å². The van der Waals surface area contributed by atoms with Gasteiger partial charge in [0.05, 0.1) is 6.61 Å². The fraction of sp³-hybridized carbons (Fsp3) is 0.417. The van der Waals surface area contributed by atoms with Crippen molar-refractivity contribution in [1.29, 1.82) is 0 Å². The largest absolute Gasteiger partial charge is 0.508 e. The Morgan fingerprint density at radius 3 is 2.82 bits per heavy atom. The summed E-state index contributed by atoms with van der Waals surface area (Å²) in [5.41, 5.74) is 1.27. The van der Waals surface area contributed by atoms with E-state index >= 15 is 0 Å². The molecule has 0 amide bonds. The summed E-state index contributed by atoms with van der Waals surface area (Å²) in [4.78, 5) is 11.1. The van der Waals surface area contributed by atoms with Crippen molar-refractivity contribution in [3.8, 4) is 5.75 Å². The summed E-state index contributed by atoms with van der Waals surface area (Å²) in [6.07, 6.45) is 0. The van der Waals surface area contributed by atoms with Crippen molar-refractivity contribution < 1.29 is 19.7 Å². The maximum Gasteiger partial charge on any atom is 0.325 e. The van der Waals surface area contributed by atoms with Crippen LogP contribution in [0.3, 0.4) is 0 Å². The summed E-state index contributed by atoms with van der Waals surface area (Å²) in [5.74, 6) is -1.05. The fourth-order valence-corrected chi connectivity index (χ4v) is 1.54. The van der Waals surface area contributed by atoms with Crippen molar-refractivity contribution in [2.75, 3.05) is 20.3 Å². The molecule has 17 heavy (non-hydrogen) atoms. The van der Waals surface area contributed by atoms with Gasteiger partial charge in [-0.25, -0.2) is 0 Å². The van der Waals surface area contributed by atoms with E-state index in [1.54, 1.807) is 19.2 Å². The number of rotatable bonds is 6. The summed E-state index contributed by atoms with van der Waals surface area (Å²) in [6.45, 7) is 2.66. The number of aromatic hydroxyl groups is 1. The smallest absolute Gasteiger partial charge is 0.325 e. The predicted molar refractivity (Wildman–Crippen MR) is 63.1 cm³/mol. The molecule has 0 aromatic heterocycles. The second-order valence-electron chi connectivity index (χ2n) is 3.78. The fourth-order valence-electron chi connectivity index (χ4n) is 1.54. The Morgan fingerprint density at radius 2 is 2.24 bits per heavy atom. The molecular weight excluding hydrogens is 222 g/mol. The van der Waals surface area contributed by atoms with Gasteiger partial charge in [0.2, 0.25) is 0 Å². The van der Waals surface area contributed by atoms with Crippen LogP contribution in [0.4, 0.5) is 0 Å². The molecule has 0 saturated carbocycles. The molecule has 0 heterocycles. The Kier molecular flexibility index (Phi) is 4.93. The molecule has 0 aliphatic carbocycles. The van der Waals surface area contributed by atoms with Crippen molar-refractivity contribution in [3.05, 3.63) is 29.3 Å². The Labute approximate surface area is 100 Å². The Balaban J connectivity index is 2.89. The van der Waals surface area contributed by atoms with Gasteiger partial charge in [-0.15, -0.1) is 0 Å². The second-order valence-corrected chi connectivity index (χ2v) is 3.78. The van der Waals surface area contributed by atoms with E-state index in [1.165, 1.54) is 6.07 Å². The minimum Gasteiger partial charge on any atom is -0.508 e. The SMILES string of the molecule is COCCNC(C(=O)O)c1cc(C)ccc1O. The number of hydrogen-bond acceptors (Lipinski definition) is 4. The number of carboxylic acid groups (broad SMARTS) is 1. The molecule has 1 aromatic rings. The maximum absolute atomic E-state index is 11.1. The zero-order valence-electron chi connectivity index (χ0n) is 9.93. The molecule has 0 bridgehead atoms. The van der Waals surface area contributed by atoms with E-state index in [2.05, 4.69) is 5.32 Å². The number of carboxylic acids is 1. The first-order valence-electron chi connectivity index (χ1n) is 5.31. The third-order valence-corrected chi connectivity index (χ3v) is 2.40. The van der Waals surface area contributed by atoms with Gasteiger partial charge in [-0.3, -0.25) is 10.1 Å². The van der Waals surface area contributed by atoms with Gasteiger partial charge >= 0.3 is 5.97 Å². The molecule has 5 heteroatoms. The van der Waals surface area contributed by atoms with Gasteiger partial charge < -0.3 is 14.9 Å². The molecule has 1 aromatic carbocycles. The van der Waals surface area contributed by atoms with Crippen molar-refractivity contribution in [2.45, 2.75) is 13.0 Å². The van der Waals surface area contributed by atoms with Crippen molar-refractivity contribution in [2.24, 2.45) is 0 Å². The number of aryl methyl sites for hydroxylation is 1. The van der Waals surface area contributed by atoms with Crippen LogP contribution in [-0.2, 0) is 9.53 Å². The van der Waals surface area contributed by atoms with Crippen LogP contribution in [0.1, 0.15) is 17.2 Å². The Bertz CT molecular complexity index is 392. The first kappa shape index (κ1) is 13.5. The highest BCUT2D eigenvalue weighted by Gasteiger charge is 2.22. The van der Waals surface area contributed by atoms with Crippen LogP contribution < -0.4 is 5.32 Å². The molecule has 0 aliphatic heterocycles. The maximum atomic E-state index is 11.1. The molecule has 94 valence electrons. The quantitative estimate of drug-likeness (QED) is 0.647. The Hall–Kier alpha value is -1.59. The van der Waals surface area contributed by atoms with E-state index in [9.17, 15) is 9.90 Å². The average molecular weight is 239 g/mol. The number of methoxy groups -OCH3 is 1. The molecule has 1 atom stereocenters. The number of benzene rings is 1. The van der Waals surface area contributed by atoms with Gasteiger partial charge in [0.15, 0.2) is 0 Å². The molecular formula is C12H17NO4. The van der Waals surface area contributed by atoms with Crippen LogP contribution in [0.15, 0.2) is 18.2 Å². The minimum absolute atomic E-state index is 0.0204. The second kappa shape index (κ2) is 6.22. The molecule has 0 fully saturated rings. The Morgan fingerprint density at radius 1 is 1.53 bits per heavy atom. The number of phenolic OH excluding ortho intramolecular Hbond substituents is 1. The lowest BCUT2D eigenvalue weighted by Crippen LogP contribution is -2.31. The summed E-state index contributed by atoms with van der Waals surface area (Å²) >= 11 is 0. The molecule has 0 saturated heterocycles. The van der Waals surface area contributed by atoms with E-state index in [0.717, 1.165) is 5.56 Å².